The van der Waals surface area contributed by atoms with Gasteiger partial charge in [0.2, 0.25) is 5.95 Å². The van der Waals surface area contributed by atoms with Gasteiger partial charge in [0.15, 0.2) is 0 Å². The number of likely N-dealkylation sites (tertiary alicyclic amines) is 1. The van der Waals surface area contributed by atoms with E-state index in [0.29, 0.717) is 5.92 Å². The summed E-state index contributed by atoms with van der Waals surface area (Å²) >= 11 is 0. The van der Waals surface area contributed by atoms with Crippen LogP contribution < -0.4 is 5.32 Å². The van der Waals surface area contributed by atoms with Gasteiger partial charge in [-0.3, -0.25) is 0 Å². The van der Waals surface area contributed by atoms with E-state index in [1.54, 1.807) is 6.92 Å². The lowest BCUT2D eigenvalue weighted by Gasteiger charge is -2.29. The molecule has 4 nitrogen and oxygen atoms in total. The summed E-state index contributed by atoms with van der Waals surface area (Å²) in [4.78, 5) is 10.2. The Bertz CT molecular complexity index is 735. The fourth-order valence-electron chi connectivity index (χ4n) is 3.29. The van der Waals surface area contributed by atoms with E-state index in [9.17, 15) is 13.2 Å². The minimum Gasteiger partial charge on any atom is -0.324 e. The van der Waals surface area contributed by atoms with Crippen molar-refractivity contribution in [1.29, 1.82) is 0 Å². The second-order valence-electron chi connectivity index (χ2n) is 6.73. The average molecular weight is 364 g/mol. The number of benzene rings is 1. The van der Waals surface area contributed by atoms with E-state index < -0.39 is 11.7 Å². The molecule has 0 spiro atoms. The van der Waals surface area contributed by atoms with E-state index in [2.05, 4.69) is 39.4 Å². The van der Waals surface area contributed by atoms with Gasteiger partial charge in [-0.1, -0.05) is 19.1 Å². The minimum absolute atomic E-state index is 0.00190. The lowest BCUT2D eigenvalue weighted by Crippen LogP contribution is -2.29. The largest absolute Gasteiger partial charge is 0.419 e. The molecule has 1 N–H and O–H groups in total. The third-order valence-electron chi connectivity index (χ3n) is 4.86. The van der Waals surface area contributed by atoms with Gasteiger partial charge in [0, 0.05) is 11.9 Å². The highest BCUT2D eigenvalue weighted by Gasteiger charge is 2.34. The van der Waals surface area contributed by atoms with Crippen molar-refractivity contribution >= 4 is 11.6 Å². The molecule has 26 heavy (non-hydrogen) atoms. The van der Waals surface area contributed by atoms with Gasteiger partial charge in [-0.05, 0) is 63.0 Å². The first kappa shape index (κ1) is 18.6. The first-order valence-corrected chi connectivity index (χ1v) is 8.85. The van der Waals surface area contributed by atoms with Crippen LogP contribution in [0.25, 0.3) is 0 Å². The summed E-state index contributed by atoms with van der Waals surface area (Å²) in [5.41, 5.74) is 1.29. The highest BCUT2D eigenvalue weighted by Crippen LogP contribution is 2.32. The van der Waals surface area contributed by atoms with Gasteiger partial charge in [-0.25, -0.2) is 9.97 Å². The molecule has 0 saturated carbocycles. The zero-order chi connectivity index (χ0) is 18.7. The predicted molar refractivity (Wildman–Crippen MR) is 95.6 cm³/mol. The summed E-state index contributed by atoms with van der Waals surface area (Å²) in [5, 5.41) is 3.00. The van der Waals surface area contributed by atoms with Crippen LogP contribution >= 0.6 is 0 Å². The standard InChI is InChI=1S/C19H23F3N4/c1-3-17-16(19(20,21)22)12-23-18(25-17)24-15-6-4-13(5-7-15)14-8-10-26(2)11-9-14/h4-7,12,14H,3,8-11H2,1-2H3,(H,23,24,25). The topological polar surface area (TPSA) is 41.1 Å². The number of anilines is 2. The summed E-state index contributed by atoms with van der Waals surface area (Å²) in [5.74, 6) is 0.746. The molecule has 1 fully saturated rings. The number of hydrogen-bond donors (Lipinski definition) is 1. The van der Waals surface area contributed by atoms with Crippen molar-refractivity contribution in [2.45, 2.75) is 38.3 Å². The van der Waals surface area contributed by atoms with Crippen LogP contribution in [0.3, 0.4) is 0 Å². The minimum atomic E-state index is -4.43. The molecule has 1 aromatic carbocycles. The predicted octanol–water partition coefficient (Wildman–Crippen LogP) is 4.61. The fraction of sp³-hybridized carbons (Fsp3) is 0.474. The number of rotatable bonds is 4. The molecule has 0 atom stereocenters. The molecule has 0 amide bonds. The third-order valence-corrected chi connectivity index (χ3v) is 4.86. The van der Waals surface area contributed by atoms with Gasteiger partial charge in [-0.15, -0.1) is 0 Å². The molecule has 7 heteroatoms. The molecular weight excluding hydrogens is 341 g/mol. The number of hydrogen-bond acceptors (Lipinski definition) is 4. The quantitative estimate of drug-likeness (QED) is 0.860. The van der Waals surface area contributed by atoms with Crippen LogP contribution in [0.4, 0.5) is 24.8 Å². The highest BCUT2D eigenvalue weighted by molar-refractivity contribution is 5.54. The van der Waals surface area contributed by atoms with E-state index in [1.807, 2.05) is 12.1 Å². The summed E-state index contributed by atoms with van der Waals surface area (Å²) in [7, 11) is 2.14. The summed E-state index contributed by atoms with van der Waals surface area (Å²) in [6, 6.07) is 8.01. The Morgan fingerprint density at radius 1 is 1.15 bits per heavy atom. The number of nitrogens with one attached hydrogen (secondary N) is 1. The van der Waals surface area contributed by atoms with E-state index in [1.165, 1.54) is 5.56 Å². The Morgan fingerprint density at radius 2 is 1.81 bits per heavy atom. The maximum Gasteiger partial charge on any atom is 0.419 e. The van der Waals surface area contributed by atoms with Gasteiger partial charge < -0.3 is 10.2 Å². The van der Waals surface area contributed by atoms with Gasteiger partial charge >= 0.3 is 6.18 Å². The Kier molecular flexibility index (Phi) is 5.46. The van der Waals surface area contributed by atoms with E-state index in [4.69, 9.17) is 0 Å². The molecule has 3 rings (SSSR count). The van der Waals surface area contributed by atoms with E-state index >= 15 is 0 Å². The fourth-order valence-corrected chi connectivity index (χ4v) is 3.29. The monoisotopic (exact) mass is 364 g/mol. The molecule has 1 aliphatic rings. The van der Waals surface area contributed by atoms with Crippen LogP contribution in [0.2, 0.25) is 0 Å². The lowest BCUT2D eigenvalue weighted by molar-refractivity contribution is -0.138. The average Bonchev–Trinajstić information content (AvgIpc) is 2.62. The Morgan fingerprint density at radius 3 is 2.38 bits per heavy atom. The first-order valence-electron chi connectivity index (χ1n) is 8.85. The van der Waals surface area contributed by atoms with Crippen molar-refractivity contribution in [2.24, 2.45) is 0 Å². The molecule has 140 valence electrons. The highest BCUT2D eigenvalue weighted by atomic mass is 19.4. The molecule has 1 aromatic heterocycles. The number of aromatic nitrogens is 2. The van der Waals surface area contributed by atoms with Crippen molar-refractivity contribution in [2.75, 3.05) is 25.5 Å². The molecule has 0 radical (unpaired) electrons. The molecular formula is C19H23F3N4. The van der Waals surface area contributed by atoms with Crippen LogP contribution in [0.15, 0.2) is 30.5 Å². The molecule has 2 heterocycles. The lowest BCUT2D eigenvalue weighted by atomic mass is 9.89. The zero-order valence-electron chi connectivity index (χ0n) is 15.0. The number of alkyl halides is 3. The van der Waals surface area contributed by atoms with Crippen molar-refractivity contribution in [1.82, 2.24) is 14.9 Å². The Hall–Kier alpha value is -2.15. The molecule has 1 aliphatic heterocycles. The third kappa shape index (κ3) is 4.33. The maximum absolute atomic E-state index is 12.9. The number of halogens is 3. The van der Waals surface area contributed by atoms with Crippen LogP contribution in [-0.4, -0.2) is 35.0 Å². The Labute approximate surface area is 151 Å². The molecule has 0 aliphatic carbocycles. The van der Waals surface area contributed by atoms with Crippen LogP contribution in [0.5, 0.6) is 0 Å². The van der Waals surface area contributed by atoms with Crippen LogP contribution in [0, 0.1) is 0 Å². The van der Waals surface area contributed by atoms with Crippen molar-refractivity contribution in [3.63, 3.8) is 0 Å². The smallest absolute Gasteiger partial charge is 0.324 e. The molecule has 0 bridgehead atoms. The van der Waals surface area contributed by atoms with Crippen molar-refractivity contribution in [3.05, 3.63) is 47.3 Å². The van der Waals surface area contributed by atoms with Crippen molar-refractivity contribution in [3.8, 4) is 0 Å². The van der Waals surface area contributed by atoms with Gasteiger partial charge in [0.05, 0.1) is 11.3 Å². The van der Waals surface area contributed by atoms with E-state index in [-0.39, 0.29) is 18.1 Å². The van der Waals surface area contributed by atoms with Gasteiger partial charge in [0.25, 0.3) is 0 Å². The molecule has 0 unspecified atom stereocenters. The summed E-state index contributed by atoms with van der Waals surface area (Å²) in [6.45, 7) is 3.85. The SMILES string of the molecule is CCc1nc(Nc2ccc(C3CCN(C)CC3)cc2)ncc1C(F)(F)F. The maximum atomic E-state index is 12.9. The zero-order valence-corrected chi connectivity index (χ0v) is 15.0. The number of nitrogens with zero attached hydrogens (tertiary/aromatic N) is 3. The molecule has 1 saturated heterocycles. The molecule has 2 aromatic rings. The second kappa shape index (κ2) is 7.61. The first-order chi connectivity index (χ1) is 12.4. The van der Waals surface area contributed by atoms with Crippen LogP contribution in [0.1, 0.15) is 42.5 Å². The summed E-state index contributed by atoms with van der Waals surface area (Å²) in [6.07, 6.45) is -1.10. The Balaban J connectivity index is 1.71. The van der Waals surface area contributed by atoms with Crippen molar-refractivity contribution < 1.29 is 13.2 Å². The van der Waals surface area contributed by atoms with Crippen LogP contribution in [-0.2, 0) is 12.6 Å². The normalized spacial score (nSPS) is 16.7. The summed E-state index contributed by atoms with van der Waals surface area (Å²) < 4.78 is 38.8. The number of aryl methyl sites for hydroxylation is 1. The number of piperidine rings is 1. The van der Waals surface area contributed by atoms with Gasteiger partial charge in [-0.2, -0.15) is 13.2 Å². The second-order valence-corrected chi connectivity index (χ2v) is 6.73. The van der Waals surface area contributed by atoms with E-state index in [0.717, 1.165) is 37.8 Å². The van der Waals surface area contributed by atoms with Gasteiger partial charge in [0.1, 0.15) is 0 Å².